The minimum absolute atomic E-state index is 0.0234. The van der Waals surface area contributed by atoms with Gasteiger partial charge in [0.25, 0.3) is 0 Å². The van der Waals surface area contributed by atoms with Crippen molar-refractivity contribution in [3.05, 3.63) is 41.2 Å². The topological polar surface area (TPSA) is 92.5 Å². The molecule has 2 heterocycles. The van der Waals surface area contributed by atoms with Crippen LogP contribution in [0, 0.1) is 12.8 Å². The molecule has 1 aliphatic rings. The van der Waals surface area contributed by atoms with Crippen molar-refractivity contribution in [3.8, 4) is 5.69 Å². The van der Waals surface area contributed by atoms with E-state index < -0.39 is 21.9 Å². The zero-order chi connectivity index (χ0) is 19.1. The van der Waals surface area contributed by atoms with E-state index in [0.29, 0.717) is 29.2 Å². The maximum Gasteiger partial charge on any atom is 0.307 e. The van der Waals surface area contributed by atoms with E-state index in [1.54, 1.807) is 38.1 Å². The Balaban J connectivity index is 1.97. The molecule has 1 aliphatic heterocycles. The number of carboxylic acids is 1. The number of piperidine rings is 1. The van der Waals surface area contributed by atoms with Crippen LogP contribution < -0.4 is 0 Å². The standard InChI is InChI=1S/C17H20ClN3O4S/c1-11-3-4-13(17(22)23)10-20(11)26(24,25)16-9-19-21(12(16)2)15-7-5-14(18)6-8-15/h5-9,11,13H,3-4,10H2,1-2H3,(H,22,23). The number of aliphatic carboxylic acids is 1. The molecule has 7 nitrogen and oxygen atoms in total. The van der Waals surface area contributed by atoms with Crippen LogP contribution in [0.15, 0.2) is 35.4 Å². The summed E-state index contributed by atoms with van der Waals surface area (Å²) < 4.78 is 29.1. The number of hydrogen-bond donors (Lipinski definition) is 1. The molecule has 2 unspecified atom stereocenters. The van der Waals surface area contributed by atoms with Gasteiger partial charge in [0.1, 0.15) is 4.90 Å². The Bertz CT molecular complexity index is 924. The minimum atomic E-state index is -3.84. The van der Waals surface area contributed by atoms with Gasteiger partial charge in [-0.15, -0.1) is 0 Å². The van der Waals surface area contributed by atoms with Crippen molar-refractivity contribution in [2.45, 2.75) is 37.6 Å². The minimum Gasteiger partial charge on any atom is -0.481 e. The summed E-state index contributed by atoms with van der Waals surface area (Å²) in [7, 11) is -3.84. The maximum atomic E-state index is 13.1. The lowest BCUT2D eigenvalue weighted by Gasteiger charge is -2.35. The molecule has 0 bridgehead atoms. The number of benzene rings is 1. The molecule has 0 amide bonds. The Morgan fingerprint density at radius 3 is 2.54 bits per heavy atom. The van der Waals surface area contributed by atoms with Gasteiger partial charge in [0, 0.05) is 17.6 Å². The average Bonchev–Trinajstić information content (AvgIpc) is 2.98. The van der Waals surface area contributed by atoms with Gasteiger partial charge in [-0.2, -0.15) is 9.40 Å². The fraction of sp³-hybridized carbons (Fsp3) is 0.412. The first kappa shape index (κ1) is 18.9. The third-order valence-electron chi connectivity index (χ3n) is 4.80. The summed E-state index contributed by atoms with van der Waals surface area (Å²) in [6.07, 6.45) is 2.31. The monoisotopic (exact) mass is 397 g/mol. The molecule has 0 saturated carbocycles. The molecule has 9 heteroatoms. The number of aromatic nitrogens is 2. The van der Waals surface area contributed by atoms with Gasteiger partial charge in [-0.25, -0.2) is 13.1 Å². The van der Waals surface area contributed by atoms with Crippen molar-refractivity contribution < 1.29 is 18.3 Å². The molecule has 0 radical (unpaired) electrons. The van der Waals surface area contributed by atoms with E-state index in [-0.39, 0.29) is 17.5 Å². The highest BCUT2D eigenvalue weighted by molar-refractivity contribution is 7.89. The molecule has 1 fully saturated rings. The highest BCUT2D eigenvalue weighted by Gasteiger charge is 2.38. The molecule has 3 rings (SSSR count). The normalized spacial score (nSPS) is 21.7. The predicted molar refractivity (Wildman–Crippen MR) is 97.0 cm³/mol. The molecule has 2 atom stereocenters. The summed E-state index contributed by atoms with van der Waals surface area (Å²) in [6, 6.07) is 6.66. The van der Waals surface area contributed by atoms with Gasteiger partial charge < -0.3 is 5.11 Å². The molecular formula is C17H20ClN3O4S. The van der Waals surface area contributed by atoms with E-state index in [1.807, 2.05) is 0 Å². The number of halogens is 1. The van der Waals surface area contributed by atoms with Crippen LogP contribution in [-0.2, 0) is 14.8 Å². The van der Waals surface area contributed by atoms with Gasteiger partial charge in [-0.3, -0.25) is 4.79 Å². The summed E-state index contributed by atoms with van der Waals surface area (Å²) >= 11 is 5.89. The van der Waals surface area contributed by atoms with Crippen LogP contribution >= 0.6 is 11.6 Å². The summed E-state index contributed by atoms with van der Waals surface area (Å²) in [5.41, 5.74) is 1.17. The van der Waals surface area contributed by atoms with Crippen LogP contribution in [0.4, 0.5) is 0 Å². The third-order valence-corrected chi connectivity index (χ3v) is 7.13. The Morgan fingerprint density at radius 2 is 1.92 bits per heavy atom. The molecule has 140 valence electrons. The van der Waals surface area contributed by atoms with Gasteiger partial charge >= 0.3 is 5.97 Å². The smallest absolute Gasteiger partial charge is 0.307 e. The lowest BCUT2D eigenvalue weighted by molar-refractivity contribution is -0.143. The maximum absolute atomic E-state index is 13.1. The molecule has 1 aromatic carbocycles. The largest absolute Gasteiger partial charge is 0.481 e. The van der Waals surface area contributed by atoms with E-state index in [9.17, 15) is 18.3 Å². The van der Waals surface area contributed by atoms with Crippen molar-refractivity contribution in [2.24, 2.45) is 5.92 Å². The number of carbonyl (C=O) groups is 1. The fourth-order valence-electron chi connectivity index (χ4n) is 3.23. The van der Waals surface area contributed by atoms with Crippen molar-refractivity contribution in [1.29, 1.82) is 0 Å². The first-order chi connectivity index (χ1) is 12.2. The van der Waals surface area contributed by atoms with E-state index in [0.717, 1.165) is 0 Å². The first-order valence-corrected chi connectivity index (χ1v) is 10.1. The van der Waals surface area contributed by atoms with Crippen LogP contribution in [0.5, 0.6) is 0 Å². The lowest BCUT2D eigenvalue weighted by Crippen LogP contribution is -2.47. The van der Waals surface area contributed by atoms with Crippen molar-refractivity contribution in [1.82, 2.24) is 14.1 Å². The molecule has 0 aliphatic carbocycles. The SMILES string of the molecule is Cc1c(S(=O)(=O)N2CC(C(=O)O)CCC2C)cnn1-c1ccc(Cl)cc1. The Morgan fingerprint density at radius 1 is 1.27 bits per heavy atom. The van der Waals surface area contributed by atoms with Crippen molar-refractivity contribution in [3.63, 3.8) is 0 Å². The van der Waals surface area contributed by atoms with Crippen molar-refractivity contribution >= 4 is 27.6 Å². The Kier molecular flexibility index (Phi) is 5.09. The van der Waals surface area contributed by atoms with Crippen LogP contribution in [0.2, 0.25) is 5.02 Å². The van der Waals surface area contributed by atoms with E-state index >= 15 is 0 Å². The van der Waals surface area contributed by atoms with Crippen LogP contribution in [0.1, 0.15) is 25.5 Å². The number of nitrogens with zero attached hydrogens (tertiary/aromatic N) is 3. The second-order valence-corrected chi connectivity index (χ2v) is 8.81. The lowest BCUT2D eigenvalue weighted by atomic mass is 9.96. The number of rotatable bonds is 4. The zero-order valence-electron chi connectivity index (χ0n) is 14.5. The Labute approximate surface area is 157 Å². The zero-order valence-corrected chi connectivity index (χ0v) is 16.0. The molecule has 26 heavy (non-hydrogen) atoms. The quantitative estimate of drug-likeness (QED) is 0.856. The molecule has 1 N–H and O–H groups in total. The first-order valence-electron chi connectivity index (χ1n) is 8.27. The summed E-state index contributed by atoms with van der Waals surface area (Å²) in [4.78, 5) is 11.4. The molecule has 1 aromatic heterocycles. The van der Waals surface area contributed by atoms with Gasteiger partial charge in [0.05, 0.1) is 23.5 Å². The second kappa shape index (κ2) is 7.02. The summed E-state index contributed by atoms with van der Waals surface area (Å²) in [5.74, 6) is -1.65. The number of sulfonamides is 1. The van der Waals surface area contributed by atoms with Gasteiger partial charge in [-0.05, 0) is 51.0 Å². The van der Waals surface area contributed by atoms with Gasteiger partial charge in [-0.1, -0.05) is 11.6 Å². The molecule has 2 aromatic rings. The van der Waals surface area contributed by atoms with Crippen LogP contribution in [0.25, 0.3) is 5.69 Å². The molecule has 1 saturated heterocycles. The average molecular weight is 398 g/mol. The van der Waals surface area contributed by atoms with Crippen molar-refractivity contribution in [2.75, 3.05) is 6.54 Å². The van der Waals surface area contributed by atoms with E-state index in [4.69, 9.17) is 11.6 Å². The third kappa shape index (κ3) is 3.36. The highest BCUT2D eigenvalue weighted by atomic mass is 35.5. The fourth-order valence-corrected chi connectivity index (χ4v) is 5.20. The number of carboxylic acid groups (broad SMARTS) is 1. The summed E-state index contributed by atoms with van der Waals surface area (Å²) in [6.45, 7) is 3.46. The Hall–Kier alpha value is -1.90. The highest BCUT2D eigenvalue weighted by Crippen LogP contribution is 2.30. The molecule has 0 spiro atoms. The number of hydrogen-bond acceptors (Lipinski definition) is 4. The van der Waals surface area contributed by atoms with Gasteiger partial charge in [0.2, 0.25) is 10.0 Å². The summed E-state index contributed by atoms with van der Waals surface area (Å²) in [5, 5.41) is 14.0. The van der Waals surface area contributed by atoms with Crippen LogP contribution in [0.3, 0.4) is 0 Å². The van der Waals surface area contributed by atoms with Crippen LogP contribution in [-0.4, -0.2) is 46.2 Å². The second-order valence-electron chi connectivity index (χ2n) is 6.52. The van der Waals surface area contributed by atoms with Gasteiger partial charge in [0.15, 0.2) is 0 Å². The van der Waals surface area contributed by atoms with E-state index in [1.165, 1.54) is 15.2 Å². The molecular weight excluding hydrogens is 378 g/mol. The van der Waals surface area contributed by atoms with E-state index in [2.05, 4.69) is 5.10 Å². The predicted octanol–water partition coefficient (Wildman–Crippen LogP) is 2.71.